The minimum atomic E-state index is -3.57. The number of hydrogen-bond donors (Lipinski definition) is 0. The number of sulfonamides is 1. The summed E-state index contributed by atoms with van der Waals surface area (Å²) < 4.78 is 40.7. The van der Waals surface area contributed by atoms with E-state index in [0.717, 1.165) is 12.8 Å². The van der Waals surface area contributed by atoms with Gasteiger partial charge in [-0.2, -0.15) is 9.40 Å². The highest BCUT2D eigenvalue weighted by atomic mass is 32.2. The molecule has 0 radical (unpaired) electrons. The molecule has 1 aromatic rings. The number of fused-ring (bicyclic) bond motifs is 1. The van der Waals surface area contributed by atoms with Crippen molar-refractivity contribution in [3.05, 3.63) is 11.4 Å². The van der Waals surface area contributed by atoms with Gasteiger partial charge in [-0.1, -0.05) is 0 Å². The van der Waals surface area contributed by atoms with Crippen LogP contribution < -0.4 is 0 Å². The molecule has 0 spiro atoms. The third-order valence-corrected chi connectivity index (χ3v) is 6.97. The fourth-order valence-corrected chi connectivity index (χ4v) is 5.73. The highest BCUT2D eigenvalue weighted by Gasteiger charge is 2.48. The lowest BCUT2D eigenvalue weighted by molar-refractivity contribution is -0.0848. The first-order valence-corrected chi connectivity index (χ1v) is 8.98. The summed E-state index contributed by atoms with van der Waals surface area (Å²) >= 11 is 0. The van der Waals surface area contributed by atoms with Gasteiger partial charge in [-0.25, -0.2) is 8.42 Å². The molecular formula is C14H23N3O4S. The Balaban J connectivity index is 1.99. The Morgan fingerprint density at radius 3 is 2.64 bits per heavy atom. The summed E-state index contributed by atoms with van der Waals surface area (Å²) in [5.74, 6) is 0. The van der Waals surface area contributed by atoms with Crippen LogP contribution in [0.3, 0.4) is 0 Å². The Bertz CT molecular complexity index is 670. The predicted octanol–water partition coefficient (Wildman–Crippen LogP) is 0.604. The van der Waals surface area contributed by atoms with Gasteiger partial charge in [0.25, 0.3) is 0 Å². The van der Waals surface area contributed by atoms with Gasteiger partial charge in [-0.05, 0) is 26.7 Å². The van der Waals surface area contributed by atoms with Crippen LogP contribution in [0.25, 0.3) is 0 Å². The molecule has 1 aliphatic heterocycles. The molecule has 8 heteroatoms. The summed E-state index contributed by atoms with van der Waals surface area (Å²) in [4.78, 5) is 0.330. The average molecular weight is 329 g/mol. The quantitative estimate of drug-likeness (QED) is 0.812. The monoisotopic (exact) mass is 329 g/mol. The van der Waals surface area contributed by atoms with E-state index in [1.807, 2.05) is 0 Å². The Hall–Kier alpha value is -0.960. The van der Waals surface area contributed by atoms with Crippen molar-refractivity contribution in [2.45, 2.75) is 49.8 Å². The molecule has 0 bridgehead atoms. The van der Waals surface area contributed by atoms with Crippen molar-refractivity contribution in [1.29, 1.82) is 0 Å². The maximum atomic E-state index is 13.2. The van der Waals surface area contributed by atoms with Gasteiger partial charge in [0, 0.05) is 20.7 Å². The Morgan fingerprint density at radius 1 is 1.32 bits per heavy atom. The molecule has 2 fully saturated rings. The lowest BCUT2D eigenvalue weighted by Crippen LogP contribution is -2.53. The van der Waals surface area contributed by atoms with Crippen molar-refractivity contribution < 1.29 is 17.9 Å². The van der Waals surface area contributed by atoms with Gasteiger partial charge in [-0.3, -0.25) is 4.68 Å². The van der Waals surface area contributed by atoms with E-state index in [-0.39, 0.29) is 18.2 Å². The first kappa shape index (κ1) is 15.9. The third-order valence-electron chi connectivity index (χ3n) is 4.80. The van der Waals surface area contributed by atoms with Crippen LogP contribution in [0.2, 0.25) is 0 Å². The minimum absolute atomic E-state index is 0.0286. The molecule has 0 N–H and O–H groups in total. The molecule has 124 valence electrons. The number of nitrogens with zero attached hydrogens (tertiary/aromatic N) is 3. The van der Waals surface area contributed by atoms with Crippen LogP contribution in [0.4, 0.5) is 0 Å². The number of ether oxygens (including phenoxy) is 2. The summed E-state index contributed by atoms with van der Waals surface area (Å²) in [6.45, 7) is 4.31. The van der Waals surface area contributed by atoms with Crippen molar-refractivity contribution in [3.8, 4) is 0 Å². The standard InChI is InChI=1S/C14H23N3O4S/c1-9-14(10(2)16(3)15-9)22(18,19)17-7-8-21-13-11(17)5-6-12(13)20-4/h11-13H,5-8H2,1-4H3/t11-,12-,13+/m0/s1. The molecule has 2 aliphatic rings. The van der Waals surface area contributed by atoms with E-state index in [1.165, 1.54) is 0 Å². The molecule has 7 nitrogen and oxygen atoms in total. The van der Waals surface area contributed by atoms with Gasteiger partial charge in [0.2, 0.25) is 10.0 Å². The van der Waals surface area contributed by atoms with Crippen LogP contribution in [0.5, 0.6) is 0 Å². The van der Waals surface area contributed by atoms with Crippen molar-refractivity contribution in [1.82, 2.24) is 14.1 Å². The third kappa shape index (κ3) is 2.29. The molecule has 1 saturated heterocycles. The van der Waals surface area contributed by atoms with Gasteiger partial charge >= 0.3 is 0 Å². The molecular weight excluding hydrogens is 306 g/mol. The lowest BCUT2D eigenvalue weighted by atomic mass is 10.2. The summed E-state index contributed by atoms with van der Waals surface area (Å²) in [7, 11) is -0.158. The smallest absolute Gasteiger partial charge is 0.247 e. The second-order valence-corrected chi connectivity index (χ2v) is 7.82. The second-order valence-electron chi connectivity index (χ2n) is 5.99. The van der Waals surface area contributed by atoms with Gasteiger partial charge in [0.15, 0.2) is 0 Å². The Labute approximate surface area is 131 Å². The summed E-state index contributed by atoms with van der Waals surface area (Å²) in [5, 5.41) is 4.24. The predicted molar refractivity (Wildman–Crippen MR) is 80.1 cm³/mol. The van der Waals surface area contributed by atoms with E-state index >= 15 is 0 Å². The van der Waals surface area contributed by atoms with E-state index in [1.54, 1.807) is 37.0 Å². The number of aromatic nitrogens is 2. The summed E-state index contributed by atoms with van der Waals surface area (Å²) in [6.07, 6.45) is 1.38. The van der Waals surface area contributed by atoms with Crippen LogP contribution in [0.1, 0.15) is 24.2 Å². The first-order valence-electron chi connectivity index (χ1n) is 7.54. The molecule has 1 aliphatic carbocycles. The maximum Gasteiger partial charge on any atom is 0.247 e. The van der Waals surface area contributed by atoms with Crippen LogP contribution >= 0.6 is 0 Å². The second kappa shape index (κ2) is 5.59. The fraction of sp³-hybridized carbons (Fsp3) is 0.786. The number of aryl methyl sites for hydroxylation is 2. The normalized spacial score (nSPS) is 29.7. The van der Waals surface area contributed by atoms with Crippen LogP contribution in [-0.2, 0) is 26.5 Å². The molecule has 0 aromatic carbocycles. The van der Waals surface area contributed by atoms with E-state index in [2.05, 4.69) is 5.10 Å². The summed E-state index contributed by atoms with van der Waals surface area (Å²) in [5.41, 5.74) is 1.21. The van der Waals surface area contributed by atoms with Crippen molar-refractivity contribution in [2.75, 3.05) is 20.3 Å². The topological polar surface area (TPSA) is 73.7 Å². The number of morpholine rings is 1. The highest BCUT2D eigenvalue weighted by Crippen LogP contribution is 2.36. The fourth-order valence-electron chi connectivity index (χ4n) is 3.68. The zero-order valence-corrected chi connectivity index (χ0v) is 14.3. The molecule has 0 amide bonds. The number of hydrogen-bond acceptors (Lipinski definition) is 5. The molecule has 1 aromatic heterocycles. The molecule has 22 heavy (non-hydrogen) atoms. The molecule has 3 rings (SSSR count). The van der Waals surface area contributed by atoms with Crippen LogP contribution in [0, 0.1) is 13.8 Å². The van der Waals surface area contributed by atoms with Crippen LogP contribution in [-0.4, -0.2) is 61.0 Å². The maximum absolute atomic E-state index is 13.2. The Kier molecular flexibility index (Phi) is 4.05. The van der Waals surface area contributed by atoms with E-state index in [4.69, 9.17) is 9.47 Å². The zero-order chi connectivity index (χ0) is 16.1. The van der Waals surface area contributed by atoms with Crippen LogP contribution in [0.15, 0.2) is 4.90 Å². The van der Waals surface area contributed by atoms with Gasteiger partial charge in [0.1, 0.15) is 11.0 Å². The minimum Gasteiger partial charge on any atom is -0.379 e. The van der Waals surface area contributed by atoms with Gasteiger partial charge in [0.05, 0.1) is 30.1 Å². The lowest BCUT2D eigenvalue weighted by Gasteiger charge is -2.37. The number of rotatable bonds is 3. The first-order chi connectivity index (χ1) is 10.4. The van der Waals surface area contributed by atoms with Gasteiger partial charge in [-0.15, -0.1) is 0 Å². The van der Waals surface area contributed by atoms with E-state index in [0.29, 0.717) is 29.4 Å². The summed E-state index contributed by atoms with van der Waals surface area (Å²) in [6, 6.07) is -0.150. The molecule has 2 heterocycles. The molecule has 1 saturated carbocycles. The molecule has 3 atom stereocenters. The van der Waals surface area contributed by atoms with Crippen molar-refractivity contribution in [3.63, 3.8) is 0 Å². The molecule has 0 unspecified atom stereocenters. The largest absolute Gasteiger partial charge is 0.379 e. The van der Waals surface area contributed by atoms with Crippen molar-refractivity contribution in [2.24, 2.45) is 7.05 Å². The van der Waals surface area contributed by atoms with E-state index < -0.39 is 10.0 Å². The Morgan fingerprint density at radius 2 is 2.05 bits per heavy atom. The van der Waals surface area contributed by atoms with Crippen molar-refractivity contribution >= 4 is 10.0 Å². The van der Waals surface area contributed by atoms with E-state index in [9.17, 15) is 8.42 Å². The van der Waals surface area contributed by atoms with Gasteiger partial charge < -0.3 is 9.47 Å². The SMILES string of the molecule is CO[C@H]1CC[C@H]2[C@H]1OCCN2S(=O)(=O)c1c(C)nn(C)c1C. The number of methoxy groups -OCH3 is 1. The highest BCUT2D eigenvalue weighted by molar-refractivity contribution is 7.89. The average Bonchev–Trinajstić information content (AvgIpc) is 2.99. The zero-order valence-electron chi connectivity index (χ0n) is 13.4.